The molecule has 0 aliphatic carbocycles. The standard InChI is InChI=1S/C23H42N4O10/c1-5-6-9-35-17(30)8-7-15(21(25)32)27(22(33)13(3)24)10-12(2)36-20-18(26-14(4)29)23(34)37-16(11-28)19(20)31/h12-13,15-16,18-20,23,28,31,34H,5-11,24H2,1-4H3,(H2,25,32)(H,26,29)/t12?,13-,15+,16+,18+,19+,20+,23-/m0/s1. The Labute approximate surface area is 216 Å². The van der Waals surface area contributed by atoms with E-state index in [4.69, 9.17) is 25.7 Å². The quantitative estimate of drug-likeness (QED) is 0.0950. The number of ether oxygens (including phenoxy) is 3. The molecule has 0 spiro atoms. The number of nitrogens with zero attached hydrogens (tertiary/aromatic N) is 1. The summed E-state index contributed by atoms with van der Waals surface area (Å²) < 4.78 is 16.2. The van der Waals surface area contributed by atoms with Gasteiger partial charge in [0, 0.05) is 19.9 Å². The molecule has 0 radical (unpaired) electrons. The highest BCUT2D eigenvalue weighted by molar-refractivity contribution is 5.89. The Hall–Kier alpha value is -2.36. The van der Waals surface area contributed by atoms with Gasteiger partial charge in [0.05, 0.1) is 25.4 Å². The van der Waals surface area contributed by atoms with Crippen molar-refractivity contribution in [3.63, 3.8) is 0 Å². The fourth-order valence-corrected chi connectivity index (χ4v) is 3.96. The van der Waals surface area contributed by atoms with Gasteiger partial charge in [0.2, 0.25) is 17.7 Å². The molecule has 14 nitrogen and oxygen atoms in total. The van der Waals surface area contributed by atoms with Crippen LogP contribution in [0.2, 0.25) is 0 Å². The highest BCUT2D eigenvalue weighted by atomic mass is 16.6. The van der Waals surface area contributed by atoms with Crippen molar-refractivity contribution in [2.75, 3.05) is 19.8 Å². The Morgan fingerprint density at radius 3 is 2.35 bits per heavy atom. The van der Waals surface area contributed by atoms with Gasteiger partial charge in [0.15, 0.2) is 6.29 Å². The zero-order chi connectivity index (χ0) is 28.3. The first-order valence-electron chi connectivity index (χ1n) is 12.4. The first-order valence-corrected chi connectivity index (χ1v) is 12.4. The number of rotatable bonds is 15. The fourth-order valence-electron chi connectivity index (χ4n) is 3.96. The molecule has 8 N–H and O–H groups in total. The van der Waals surface area contributed by atoms with Crippen LogP contribution in [0.5, 0.6) is 0 Å². The number of carbonyl (C=O) groups is 4. The molecule has 0 bridgehead atoms. The number of hydrogen-bond acceptors (Lipinski definition) is 11. The van der Waals surface area contributed by atoms with Crippen molar-refractivity contribution >= 4 is 23.7 Å². The molecular weight excluding hydrogens is 492 g/mol. The van der Waals surface area contributed by atoms with E-state index < -0.39 is 79.1 Å². The summed E-state index contributed by atoms with van der Waals surface area (Å²) in [7, 11) is 0. The lowest BCUT2D eigenvalue weighted by molar-refractivity contribution is -0.268. The second-order valence-corrected chi connectivity index (χ2v) is 9.19. The molecule has 8 atom stereocenters. The van der Waals surface area contributed by atoms with Gasteiger partial charge in [-0.15, -0.1) is 0 Å². The Kier molecular flexibility index (Phi) is 13.9. The maximum atomic E-state index is 12.9. The molecule has 3 amide bonds. The van der Waals surface area contributed by atoms with Crippen molar-refractivity contribution in [3.05, 3.63) is 0 Å². The summed E-state index contributed by atoms with van der Waals surface area (Å²) >= 11 is 0. The number of nitrogens with two attached hydrogens (primary N) is 2. The minimum atomic E-state index is -1.60. The topological polar surface area (TPSA) is 224 Å². The van der Waals surface area contributed by atoms with Crippen LogP contribution < -0.4 is 16.8 Å². The third-order valence-corrected chi connectivity index (χ3v) is 5.85. The van der Waals surface area contributed by atoms with Crippen LogP contribution in [0.4, 0.5) is 0 Å². The largest absolute Gasteiger partial charge is 0.466 e. The Morgan fingerprint density at radius 2 is 1.84 bits per heavy atom. The minimum absolute atomic E-state index is 0.106. The highest BCUT2D eigenvalue weighted by Gasteiger charge is 2.46. The van der Waals surface area contributed by atoms with E-state index in [2.05, 4.69) is 5.32 Å². The zero-order valence-electron chi connectivity index (χ0n) is 21.9. The molecule has 1 saturated heterocycles. The van der Waals surface area contributed by atoms with Crippen LogP contribution in [0.1, 0.15) is 53.4 Å². The number of aliphatic hydroxyl groups excluding tert-OH is 3. The number of unbranched alkanes of at least 4 members (excludes halogenated alkanes) is 1. The molecular formula is C23H42N4O10. The number of primary amides is 1. The van der Waals surface area contributed by atoms with E-state index in [0.717, 1.165) is 11.3 Å². The zero-order valence-corrected chi connectivity index (χ0v) is 21.9. The van der Waals surface area contributed by atoms with Crippen LogP contribution >= 0.6 is 0 Å². The van der Waals surface area contributed by atoms with Crippen LogP contribution in [-0.4, -0.2) is 113 Å². The summed E-state index contributed by atoms with van der Waals surface area (Å²) in [6, 6.07) is -3.41. The van der Waals surface area contributed by atoms with Gasteiger partial charge in [0.25, 0.3) is 0 Å². The van der Waals surface area contributed by atoms with Crippen LogP contribution in [-0.2, 0) is 33.4 Å². The van der Waals surface area contributed by atoms with Crippen LogP contribution in [0, 0.1) is 0 Å². The molecule has 14 heteroatoms. The third-order valence-electron chi connectivity index (χ3n) is 5.85. The van der Waals surface area contributed by atoms with Gasteiger partial charge >= 0.3 is 5.97 Å². The third kappa shape index (κ3) is 10.1. The number of esters is 1. The van der Waals surface area contributed by atoms with E-state index in [1.807, 2.05) is 6.92 Å². The normalized spacial score (nSPS) is 26.0. The Balaban J connectivity index is 3.07. The lowest BCUT2D eigenvalue weighted by atomic mass is 9.96. The molecule has 214 valence electrons. The van der Waals surface area contributed by atoms with Crippen molar-refractivity contribution in [3.8, 4) is 0 Å². The van der Waals surface area contributed by atoms with Gasteiger partial charge in [-0.05, 0) is 26.7 Å². The predicted molar refractivity (Wildman–Crippen MR) is 129 cm³/mol. The summed E-state index contributed by atoms with van der Waals surface area (Å²) in [5, 5.41) is 32.9. The molecule has 1 aliphatic rings. The van der Waals surface area contributed by atoms with Crippen molar-refractivity contribution < 1.29 is 48.7 Å². The summed E-state index contributed by atoms with van der Waals surface area (Å²) in [6.45, 7) is 5.49. The Morgan fingerprint density at radius 1 is 1.19 bits per heavy atom. The van der Waals surface area contributed by atoms with Crippen molar-refractivity contribution in [1.82, 2.24) is 10.2 Å². The van der Waals surface area contributed by atoms with Crippen molar-refractivity contribution in [2.24, 2.45) is 11.5 Å². The summed E-state index contributed by atoms with van der Waals surface area (Å²) in [5.74, 6) is -2.56. The van der Waals surface area contributed by atoms with E-state index in [1.165, 1.54) is 20.8 Å². The number of carbonyl (C=O) groups excluding carboxylic acids is 4. The fraction of sp³-hybridized carbons (Fsp3) is 0.826. The van der Waals surface area contributed by atoms with Gasteiger partial charge in [-0.1, -0.05) is 13.3 Å². The number of nitrogens with one attached hydrogen (secondary N) is 1. The van der Waals surface area contributed by atoms with Crippen LogP contribution in [0.15, 0.2) is 0 Å². The monoisotopic (exact) mass is 534 g/mol. The van der Waals surface area contributed by atoms with Gasteiger partial charge in [-0.2, -0.15) is 0 Å². The number of amides is 3. The van der Waals surface area contributed by atoms with Crippen LogP contribution in [0.3, 0.4) is 0 Å². The summed E-state index contributed by atoms with van der Waals surface area (Å²) in [6.07, 6.45) is -5.11. The molecule has 1 unspecified atom stereocenters. The first-order chi connectivity index (χ1) is 17.3. The van der Waals surface area contributed by atoms with E-state index in [-0.39, 0.29) is 26.0 Å². The van der Waals surface area contributed by atoms with Gasteiger partial charge in [0.1, 0.15) is 30.4 Å². The van der Waals surface area contributed by atoms with E-state index in [9.17, 15) is 34.5 Å². The van der Waals surface area contributed by atoms with Gasteiger partial charge < -0.3 is 51.2 Å². The SMILES string of the molecule is CCCCOC(=O)CC[C@H](C(N)=O)N(CC(C)O[C@H]1[C@H](O)[C@@H](CO)O[C@H](O)[C@@H]1NC(C)=O)C(=O)[C@H](C)N. The van der Waals surface area contributed by atoms with E-state index >= 15 is 0 Å². The molecule has 1 rings (SSSR count). The second kappa shape index (κ2) is 15.8. The molecule has 0 aromatic carbocycles. The van der Waals surface area contributed by atoms with Crippen molar-refractivity contribution in [2.45, 2.75) is 102 Å². The molecule has 0 saturated carbocycles. The molecule has 0 aromatic rings. The molecule has 37 heavy (non-hydrogen) atoms. The number of hydrogen-bond donors (Lipinski definition) is 6. The average molecular weight is 535 g/mol. The molecule has 1 heterocycles. The number of aliphatic hydroxyl groups is 3. The summed E-state index contributed by atoms with van der Waals surface area (Å²) in [5.41, 5.74) is 11.3. The predicted octanol–water partition coefficient (Wildman–Crippen LogP) is -2.51. The smallest absolute Gasteiger partial charge is 0.305 e. The molecule has 0 aromatic heterocycles. The molecule has 1 aliphatic heterocycles. The maximum absolute atomic E-state index is 12.9. The highest BCUT2D eigenvalue weighted by Crippen LogP contribution is 2.24. The minimum Gasteiger partial charge on any atom is -0.466 e. The second-order valence-electron chi connectivity index (χ2n) is 9.19. The summed E-state index contributed by atoms with van der Waals surface area (Å²) in [4.78, 5) is 50.0. The van der Waals surface area contributed by atoms with E-state index in [1.54, 1.807) is 0 Å². The Bertz CT molecular complexity index is 768. The molecule has 1 fully saturated rings. The average Bonchev–Trinajstić information content (AvgIpc) is 2.81. The first kappa shape index (κ1) is 32.7. The van der Waals surface area contributed by atoms with Crippen LogP contribution in [0.25, 0.3) is 0 Å². The van der Waals surface area contributed by atoms with Gasteiger partial charge in [-0.25, -0.2) is 0 Å². The van der Waals surface area contributed by atoms with E-state index in [0.29, 0.717) is 6.42 Å². The maximum Gasteiger partial charge on any atom is 0.305 e. The lowest BCUT2D eigenvalue weighted by Crippen LogP contribution is -2.65. The van der Waals surface area contributed by atoms with Gasteiger partial charge in [-0.3, -0.25) is 19.2 Å². The lowest BCUT2D eigenvalue weighted by Gasteiger charge is -2.44. The van der Waals surface area contributed by atoms with Crippen molar-refractivity contribution in [1.29, 1.82) is 0 Å².